The monoisotopic (exact) mass is 748 g/mol. The molecule has 3 rings (SSSR count). The average molecular weight is 748 g/mol. The van der Waals surface area contributed by atoms with Crippen LogP contribution in [0.3, 0.4) is 0 Å². The molecule has 0 heterocycles. The number of unbranched alkanes of at least 4 members (excludes halogenated alkanes) is 27. The number of aryl methyl sites for hydroxylation is 3. The normalized spacial score (nSPS) is 11.4. The van der Waals surface area contributed by atoms with Crippen molar-refractivity contribution in [3.05, 3.63) is 112 Å². The van der Waals surface area contributed by atoms with Crippen LogP contribution in [0.5, 0.6) is 0 Å². The predicted molar refractivity (Wildman–Crippen MR) is 247 cm³/mol. The molecule has 0 atom stereocenters. The lowest BCUT2D eigenvalue weighted by atomic mass is 9.83. The summed E-state index contributed by atoms with van der Waals surface area (Å²) in [5, 5.41) is 0. The Morgan fingerprint density at radius 2 is 0.418 bits per heavy atom. The Bertz CT molecular complexity index is 1090. The fourth-order valence-corrected chi connectivity index (χ4v) is 8.46. The van der Waals surface area contributed by atoms with Gasteiger partial charge in [0.25, 0.3) is 0 Å². The Kier molecular flexibility index (Phi) is 27.8. The zero-order valence-electron chi connectivity index (χ0n) is 36.8. The molecular weight excluding hydrogens is 661 g/mol. The molecular formula is C55H87+. The third-order valence-corrected chi connectivity index (χ3v) is 12.2. The maximum atomic E-state index is 2.40. The van der Waals surface area contributed by atoms with E-state index >= 15 is 0 Å². The second kappa shape index (κ2) is 32.6. The number of rotatable bonds is 36. The molecule has 3 aromatic carbocycles. The second-order valence-electron chi connectivity index (χ2n) is 17.3. The van der Waals surface area contributed by atoms with Crippen LogP contribution in [0, 0.1) is 5.92 Å². The zero-order chi connectivity index (χ0) is 38.9. The molecule has 0 aliphatic carbocycles. The minimum absolute atomic E-state index is 1.20. The van der Waals surface area contributed by atoms with Gasteiger partial charge in [-0.2, -0.15) is 0 Å². The van der Waals surface area contributed by atoms with Crippen LogP contribution in [-0.4, -0.2) is 0 Å². The van der Waals surface area contributed by atoms with Crippen LogP contribution < -0.4 is 0 Å². The Morgan fingerprint density at radius 3 is 0.618 bits per heavy atom. The van der Waals surface area contributed by atoms with Gasteiger partial charge >= 0.3 is 0 Å². The van der Waals surface area contributed by atoms with E-state index in [0.717, 1.165) is 0 Å². The third kappa shape index (κ3) is 22.2. The van der Waals surface area contributed by atoms with Crippen LogP contribution in [0.2, 0.25) is 0 Å². The van der Waals surface area contributed by atoms with Crippen molar-refractivity contribution in [3.63, 3.8) is 0 Å². The fraction of sp³-hybridized carbons (Fsp3) is 0.655. The van der Waals surface area contributed by atoms with Gasteiger partial charge in [-0.3, -0.25) is 0 Å². The van der Waals surface area contributed by atoms with Crippen molar-refractivity contribution >= 4 is 0 Å². The average Bonchev–Trinajstić information content (AvgIpc) is 3.21. The van der Waals surface area contributed by atoms with Gasteiger partial charge < -0.3 is 0 Å². The molecule has 0 saturated carbocycles. The molecule has 0 N–H and O–H groups in total. The van der Waals surface area contributed by atoms with Gasteiger partial charge in [0.1, 0.15) is 0 Å². The standard InChI is InChI=1S/C55H87/c1-4-7-10-13-16-19-22-25-28-31-34-49-37-43-52(44-38-49)55(53-45-39-50(40-46-53)35-32-29-26-23-20-17-14-11-8-5-2)54-47-41-51(42-48-54)36-33-30-27-24-21-18-15-12-9-6-3/h37-48H,4-36H2,1-3H3/q+1. The largest absolute Gasteiger partial charge is 0.0654 e. The first kappa shape index (κ1) is 46.9. The van der Waals surface area contributed by atoms with Crippen molar-refractivity contribution in [2.45, 2.75) is 233 Å². The van der Waals surface area contributed by atoms with E-state index in [9.17, 15) is 0 Å². The quantitative estimate of drug-likeness (QED) is 0.0316. The lowest BCUT2D eigenvalue weighted by Gasteiger charge is -2.15. The summed E-state index contributed by atoms with van der Waals surface area (Å²) >= 11 is 0. The van der Waals surface area contributed by atoms with Crippen LogP contribution in [-0.2, 0) is 19.3 Å². The van der Waals surface area contributed by atoms with Gasteiger partial charge in [-0.15, -0.1) is 0 Å². The van der Waals surface area contributed by atoms with E-state index in [-0.39, 0.29) is 0 Å². The molecule has 0 bridgehead atoms. The Labute approximate surface area is 343 Å². The molecule has 0 saturated heterocycles. The summed E-state index contributed by atoms with van der Waals surface area (Å²) in [5.74, 6) is 1.38. The molecule has 306 valence electrons. The number of hydrogen-bond donors (Lipinski definition) is 0. The summed E-state index contributed by atoms with van der Waals surface area (Å²) in [7, 11) is 0. The maximum absolute atomic E-state index is 2.40. The van der Waals surface area contributed by atoms with Gasteiger partial charge in [-0.05, 0) is 128 Å². The highest BCUT2D eigenvalue weighted by Crippen LogP contribution is 2.32. The molecule has 0 aliphatic heterocycles. The maximum Gasteiger partial charge on any atom is 0.0631 e. The van der Waals surface area contributed by atoms with Gasteiger partial charge in [0.05, 0.1) is 22.6 Å². The second-order valence-corrected chi connectivity index (χ2v) is 17.3. The molecule has 0 unspecified atom stereocenters. The van der Waals surface area contributed by atoms with Gasteiger partial charge in [-0.25, -0.2) is 0 Å². The summed E-state index contributed by atoms with van der Waals surface area (Å²) in [5.41, 5.74) is 8.49. The SMILES string of the molecule is CCCCCCCCCCCCc1ccc([C+](c2ccc(CCCCCCCCCCCC)cc2)c2ccc(CCCCCCCCCCCC)cc2)cc1. The molecule has 0 spiro atoms. The highest BCUT2D eigenvalue weighted by Gasteiger charge is 2.23. The van der Waals surface area contributed by atoms with E-state index in [2.05, 4.69) is 93.6 Å². The topological polar surface area (TPSA) is 0 Å². The first-order valence-electron chi connectivity index (χ1n) is 24.4. The minimum Gasteiger partial charge on any atom is -0.0654 e. The lowest BCUT2D eigenvalue weighted by molar-refractivity contribution is 0.556. The molecule has 0 aromatic heterocycles. The van der Waals surface area contributed by atoms with E-state index < -0.39 is 0 Å². The Morgan fingerprint density at radius 1 is 0.236 bits per heavy atom. The van der Waals surface area contributed by atoms with E-state index in [0.29, 0.717) is 0 Å². The van der Waals surface area contributed by atoms with Crippen molar-refractivity contribution in [1.29, 1.82) is 0 Å². The smallest absolute Gasteiger partial charge is 0.0631 e. The first-order chi connectivity index (χ1) is 27.2. The van der Waals surface area contributed by atoms with Crippen LogP contribution in [0.4, 0.5) is 0 Å². The van der Waals surface area contributed by atoms with Gasteiger partial charge in [-0.1, -0.05) is 194 Å². The summed E-state index contributed by atoms with van der Waals surface area (Å²) in [6.45, 7) is 6.92. The molecule has 55 heavy (non-hydrogen) atoms. The number of benzene rings is 3. The van der Waals surface area contributed by atoms with Crippen molar-refractivity contribution in [2.24, 2.45) is 0 Å². The lowest BCUT2D eigenvalue weighted by Crippen LogP contribution is -2.05. The summed E-state index contributed by atoms with van der Waals surface area (Å²) in [6.07, 6.45) is 45.6. The first-order valence-corrected chi connectivity index (χ1v) is 24.4. The zero-order valence-corrected chi connectivity index (χ0v) is 36.8. The van der Waals surface area contributed by atoms with Crippen LogP contribution in [0.1, 0.15) is 247 Å². The summed E-state index contributed by atoms with van der Waals surface area (Å²) in [4.78, 5) is 0. The Hall–Kier alpha value is -2.47. The molecule has 0 radical (unpaired) electrons. The van der Waals surface area contributed by atoms with Crippen molar-refractivity contribution in [2.75, 3.05) is 0 Å². The van der Waals surface area contributed by atoms with Crippen LogP contribution >= 0.6 is 0 Å². The molecule has 0 fully saturated rings. The van der Waals surface area contributed by atoms with E-state index in [1.54, 1.807) is 0 Å². The van der Waals surface area contributed by atoms with Crippen LogP contribution in [0.15, 0.2) is 72.8 Å². The van der Waals surface area contributed by atoms with Crippen LogP contribution in [0.25, 0.3) is 0 Å². The van der Waals surface area contributed by atoms with Gasteiger partial charge in [0.2, 0.25) is 0 Å². The molecule has 0 amide bonds. The van der Waals surface area contributed by atoms with E-state index in [4.69, 9.17) is 0 Å². The summed E-state index contributed by atoms with van der Waals surface area (Å²) in [6, 6.07) is 28.8. The van der Waals surface area contributed by atoms with Gasteiger partial charge in [0, 0.05) is 0 Å². The van der Waals surface area contributed by atoms with Crippen molar-refractivity contribution in [1.82, 2.24) is 0 Å². The molecule has 0 heteroatoms. The highest BCUT2D eigenvalue weighted by molar-refractivity contribution is 5.58. The van der Waals surface area contributed by atoms with Gasteiger partial charge in [0.15, 0.2) is 0 Å². The highest BCUT2D eigenvalue weighted by atomic mass is 14.2. The fourth-order valence-electron chi connectivity index (χ4n) is 8.46. The number of hydrogen-bond acceptors (Lipinski definition) is 0. The third-order valence-electron chi connectivity index (χ3n) is 12.2. The van der Waals surface area contributed by atoms with Crippen molar-refractivity contribution < 1.29 is 0 Å². The predicted octanol–water partition coefficient (Wildman–Crippen LogP) is 18.1. The summed E-state index contributed by atoms with van der Waals surface area (Å²) < 4.78 is 0. The van der Waals surface area contributed by atoms with E-state index in [1.807, 2.05) is 0 Å². The molecule has 0 aliphatic rings. The Balaban J connectivity index is 1.52. The van der Waals surface area contributed by atoms with E-state index in [1.165, 1.54) is 251 Å². The molecule has 3 aromatic rings. The minimum atomic E-state index is 1.20. The molecule has 0 nitrogen and oxygen atoms in total. The van der Waals surface area contributed by atoms with Crippen molar-refractivity contribution in [3.8, 4) is 0 Å².